The lowest BCUT2D eigenvalue weighted by atomic mass is 9.96. The Balaban J connectivity index is 1.40. The van der Waals surface area contributed by atoms with Crippen LogP contribution in [0.2, 0.25) is 0 Å². The second kappa shape index (κ2) is 8.11. The van der Waals surface area contributed by atoms with Gasteiger partial charge in [-0.25, -0.2) is 0 Å². The molecular weight excluding hydrogens is 340 g/mol. The highest BCUT2D eigenvalue weighted by atomic mass is 16.3. The summed E-state index contributed by atoms with van der Waals surface area (Å²) in [6, 6.07) is 7.26. The predicted molar refractivity (Wildman–Crippen MR) is 103 cm³/mol. The third kappa shape index (κ3) is 3.99. The summed E-state index contributed by atoms with van der Waals surface area (Å²) in [7, 11) is 0. The Kier molecular flexibility index (Phi) is 5.41. The molecule has 6 nitrogen and oxygen atoms in total. The molecular formula is C21H28N4O2. The summed E-state index contributed by atoms with van der Waals surface area (Å²) in [5, 5.41) is 18.8. The Bertz CT molecular complexity index is 801. The zero-order chi connectivity index (χ0) is 18.6. The van der Waals surface area contributed by atoms with Crippen LogP contribution in [0.4, 0.5) is 0 Å². The molecule has 0 aliphatic carbocycles. The molecule has 0 saturated carbocycles. The second-order valence-corrected chi connectivity index (χ2v) is 7.74. The van der Waals surface area contributed by atoms with Gasteiger partial charge in [0, 0.05) is 38.4 Å². The summed E-state index contributed by atoms with van der Waals surface area (Å²) in [4.78, 5) is 14.7. The van der Waals surface area contributed by atoms with Crippen LogP contribution in [-0.2, 0) is 24.2 Å². The number of para-hydroxylation sites is 1. The fourth-order valence-electron chi connectivity index (χ4n) is 4.35. The lowest BCUT2D eigenvalue weighted by Crippen LogP contribution is -2.40. The number of rotatable bonds is 4. The average molecular weight is 368 g/mol. The van der Waals surface area contributed by atoms with Gasteiger partial charge in [-0.3, -0.25) is 4.79 Å². The summed E-state index contributed by atoms with van der Waals surface area (Å²) in [5.74, 6) is 2.91. The molecule has 27 heavy (non-hydrogen) atoms. The number of carbonyl (C=O) groups is 1. The van der Waals surface area contributed by atoms with Gasteiger partial charge in [-0.15, -0.1) is 10.2 Å². The number of nitrogens with zero attached hydrogens (tertiary/aromatic N) is 4. The number of amides is 1. The van der Waals surface area contributed by atoms with Gasteiger partial charge in [0.2, 0.25) is 5.91 Å². The van der Waals surface area contributed by atoms with Gasteiger partial charge in [0.1, 0.15) is 17.4 Å². The minimum Gasteiger partial charge on any atom is -0.508 e. The molecule has 0 bridgehead atoms. The molecule has 4 rings (SSSR count). The minimum atomic E-state index is 0.165. The number of phenols is 1. The van der Waals surface area contributed by atoms with E-state index >= 15 is 0 Å². The van der Waals surface area contributed by atoms with E-state index in [2.05, 4.69) is 14.8 Å². The summed E-state index contributed by atoms with van der Waals surface area (Å²) in [5.41, 5.74) is 0.835. The first kappa shape index (κ1) is 18.0. The number of hydrogen-bond acceptors (Lipinski definition) is 4. The van der Waals surface area contributed by atoms with E-state index < -0.39 is 0 Å². The van der Waals surface area contributed by atoms with Crippen molar-refractivity contribution in [2.24, 2.45) is 0 Å². The van der Waals surface area contributed by atoms with E-state index in [1.807, 2.05) is 17.0 Å². The average Bonchev–Trinajstić information content (AvgIpc) is 2.95. The number of phenolic OH excluding ortho intramolecular Hbond substituents is 1. The van der Waals surface area contributed by atoms with Crippen molar-refractivity contribution >= 4 is 5.91 Å². The Hall–Kier alpha value is -2.37. The fraction of sp³-hybridized carbons (Fsp3) is 0.571. The van der Waals surface area contributed by atoms with Gasteiger partial charge in [-0.1, -0.05) is 24.6 Å². The molecule has 2 aliphatic heterocycles. The highest BCUT2D eigenvalue weighted by Crippen LogP contribution is 2.28. The largest absolute Gasteiger partial charge is 0.508 e. The van der Waals surface area contributed by atoms with Gasteiger partial charge in [0.05, 0.1) is 0 Å². The topological polar surface area (TPSA) is 71.2 Å². The van der Waals surface area contributed by atoms with Gasteiger partial charge < -0.3 is 14.6 Å². The molecule has 0 radical (unpaired) electrons. The van der Waals surface area contributed by atoms with E-state index in [0.717, 1.165) is 56.1 Å². The molecule has 1 amide bonds. The lowest BCUT2D eigenvalue weighted by molar-refractivity contribution is -0.132. The number of piperidine rings is 1. The van der Waals surface area contributed by atoms with Crippen LogP contribution in [-0.4, -0.2) is 43.8 Å². The van der Waals surface area contributed by atoms with Crippen molar-refractivity contribution in [1.29, 1.82) is 0 Å². The predicted octanol–water partition coefficient (Wildman–Crippen LogP) is 3.05. The monoisotopic (exact) mass is 368 g/mol. The van der Waals surface area contributed by atoms with E-state index in [1.165, 1.54) is 19.3 Å². The van der Waals surface area contributed by atoms with Crippen molar-refractivity contribution in [1.82, 2.24) is 19.7 Å². The van der Waals surface area contributed by atoms with Crippen LogP contribution < -0.4 is 0 Å². The Morgan fingerprint density at radius 3 is 2.89 bits per heavy atom. The van der Waals surface area contributed by atoms with Gasteiger partial charge in [0.15, 0.2) is 0 Å². The van der Waals surface area contributed by atoms with Crippen molar-refractivity contribution in [3.05, 3.63) is 41.5 Å². The summed E-state index contributed by atoms with van der Waals surface area (Å²) in [6.07, 6.45) is 7.74. The van der Waals surface area contributed by atoms with E-state index in [-0.39, 0.29) is 17.6 Å². The molecule has 3 heterocycles. The molecule has 1 atom stereocenters. The number of aromatic nitrogens is 3. The standard InChI is InChI=1S/C21H28N4O2/c26-18-9-4-3-7-16(18)11-12-20(27)24-13-6-8-17(15-24)21-23-22-19-10-2-1-5-14-25(19)21/h3-4,7,9,17,26H,1-2,5-6,8,10-15H2. The zero-order valence-corrected chi connectivity index (χ0v) is 15.8. The summed E-state index contributed by atoms with van der Waals surface area (Å²) in [6.45, 7) is 2.56. The zero-order valence-electron chi connectivity index (χ0n) is 15.8. The Morgan fingerprint density at radius 2 is 2.00 bits per heavy atom. The molecule has 1 aromatic heterocycles. The highest BCUT2D eigenvalue weighted by molar-refractivity contribution is 5.76. The number of carbonyl (C=O) groups excluding carboxylic acids is 1. The maximum absolute atomic E-state index is 12.7. The maximum atomic E-state index is 12.7. The van der Waals surface area contributed by atoms with E-state index in [0.29, 0.717) is 12.8 Å². The van der Waals surface area contributed by atoms with Crippen molar-refractivity contribution in [3.63, 3.8) is 0 Å². The highest BCUT2D eigenvalue weighted by Gasteiger charge is 2.29. The van der Waals surface area contributed by atoms with Crippen molar-refractivity contribution < 1.29 is 9.90 Å². The first-order valence-corrected chi connectivity index (χ1v) is 10.2. The Morgan fingerprint density at radius 1 is 1.11 bits per heavy atom. The second-order valence-electron chi connectivity index (χ2n) is 7.74. The molecule has 0 spiro atoms. The van der Waals surface area contributed by atoms with Gasteiger partial charge >= 0.3 is 0 Å². The van der Waals surface area contributed by atoms with E-state index in [4.69, 9.17) is 0 Å². The fourth-order valence-corrected chi connectivity index (χ4v) is 4.35. The molecule has 1 unspecified atom stereocenters. The molecule has 2 aliphatic rings. The van der Waals surface area contributed by atoms with Crippen LogP contribution in [0.25, 0.3) is 0 Å². The quantitative estimate of drug-likeness (QED) is 0.900. The molecule has 1 fully saturated rings. The van der Waals surface area contributed by atoms with Crippen LogP contribution in [0.15, 0.2) is 24.3 Å². The number of hydrogen-bond donors (Lipinski definition) is 1. The van der Waals surface area contributed by atoms with Crippen LogP contribution >= 0.6 is 0 Å². The molecule has 1 aromatic carbocycles. The first-order valence-electron chi connectivity index (χ1n) is 10.2. The van der Waals surface area contributed by atoms with E-state index in [1.54, 1.807) is 12.1 Å². The van der Waals surface area contributed by atoms with E-state index in [9.17, 15) is 9.90 Å². The van der Waals surface area contributed by atoms with Gasteiger partial charge in [-0.2, -0.15) is 0 Å². The first-order chi connectivity index (χ1) is 13.2. The molecule has 144 valence electrons. The third-order valence-corrected chi connectivity index (χ3v) is 5.88. The number of aryl methyl sites for hydroxylation is 2. The van der Waals surface area contributed by atoms with Gasteiger partial charge in [0.25, 0.3) is 0 Å². The maximum Gasteiger partial charge on any atom is 0.222 e. The molecule has 1 saturated heterocycles. The van der Waals surface area contributed by atoms with Crippen molar-refractivity contribution in [3.8, 4) is 5.75 Å². The van der Waals surface area contributed by atoms with Crippen LogP contribution in [0.3, 0.4) is 0 Å². The minimum absolute atomic E-state index is 0.165. The number of benzene rings is 1. The van der Waals surface area contributed by atoms with Crippen molar-refractivity contribution in [2.75, 3.05) is 13.1 Å². The van der Waals surface area contributed by atoms with Crippen molar-refractivity contribution in [2.45, 2.75) is 63.8 Å². The normalized spacial score (nSPS) is 20.1. The summed E-state index contributed by atoms with van der Waals surface area (Å²) >= 11 is 0. The molecule has 6 heteroatoms. The molecule has 1 N–H and O–H groups in total. The SMILES string of the molecule is O=C(CCc1ccccc1O)N1CCCC(c2nnc3n2CCCCC3)C1. The molecule has 2 aromatic rings. The number of aromatic hydroxyl groups is 1. The number of fused-ring (bicyclic) bond motifs is 1. The van der Waals surface area contributed by atoms with Crippen LogP contribution in [0.5, 0.6) is 5.75 Å². The van der Waals surface area contributed by atoms with Gasteiger partial charge in [-0.05, 0) is 43.7 Å². The Labute approximate surface area is 160 Å². The van der Waals surface area contributed by atoms with Crippen LogP contribution in [0.1, 0.15) is 61.7 Å². The summed E-state index contributed by atoms with van der Waals surface area (Å²) < 4.78 is 2.31. The lowest BCUT2D eigenvalue weighted by Gasteiger charge is -2.32. The van der Waals surface area contributed by atoms with Crippen LogP contribution in [0, 0.1) is 0 Å². The smallest absolute Gasteiger partial charge is 0.222 e. The third-order valence-electron chi connectivity index (χ3n) is 5.88. The number of likely N-dealkylation sites (tertiary alicyclic amines) is 1.